The molecule has 0 spiro atoms. The molecule has 0 saturated heterocycles. The van der Waals surface area contributed by atoms with E-state index in [-0.39, 0.29) is 4.90 Å². The summed E-state index contributed by atoms with van der Waals surface area (Å²) in [6.07, 6.45) is 0. The Hall–Kier alpha value is -3.39. The van der Waals surface area contributed by atoms with Gasteiger partial charge in [0.15, 0.2) is 0 Å². The van der Waals surface area contributed by atoms with Gasteiger partial charge in [0.2, 0.25) is 0 Å². The van der Waals surface area contributed by atoms with Crippen LogP contribution in [0, 0.1) is 34.6 Å². The van der Waals surface area contributed by atoms with Crippen molar-refractivity contribution in [3.05, 3.63) is 88.5 Å². The fourth-order valence-corrected chi connectivity index (χ4v) is 5.46. The third-order valence-corrected chi connectivity index (χ3v) is 7.17. The molecule has 0 aliphatic carbocycles. The van der Waals surface area contributed by atoms with Gasteiger partial charge in [0, 0.05) is 0 Å². The lowest BCUT2D eigenvalue weighted by atomic mass is 10.1. The van der Waals surface area contributed by atoms with Crippen molar-refractivity contribution >= 4 is 15.7 Å². The Balaban J connectivity index is 1.67. The minimum Gasteiger partial charge on any atom is -0.276 e. The largest absolute Gasteiger partial charge is 0.276 e. The van der Waals surface area contributed by atoms with Gasteiger partial charge in [-0.1, -0.05) is 48.0 Å². The summed E-state index contributed by atoms with van der Waals surface area (Å²) in [5, 5.41) is 9.05. The molecule has 0 aliphatic rings. The summed E-state index contributed by atoms with van der Waals surface area (Å²) in [6.45, 7) is 9.77. The molecular formula is C24H27N5O2S. The molecule has 4 rings (SSSR count). The maximum Gasteiger partial charge on any atom is 0.265 e. The molecular weight excluding hydrogens is 422 g/mol. The van der Waals surface area contributed by atoms with E-state index in [1.807, 2.05) is 55.8 Å². The van der Waals surface area contributed by atoms with Crippen molar-refractivity contribution in [3.63, 3.8) is 0 Å². The molecule has 8 heteroatoms. The topological polar surface area (TPSA) is 81.8 Å². The molecule has 2 aromatic carbocycles. The van der Waals surface area contributed by atoms with Crippen LogP contribution in [0.1, 0.15) is 33.9 Å². The number of aromatic nitrogens is 4. The summed E-state index contributed by atoms with van der Waals surface area (Å²) in [6, 6.07) is 17.7. The number of anilines is 1. The summed E-state index contributed by atoms with van der Waals surface area (Å²) < 4.78 is 33.0. The Bertz CT molecular complexity index is 1370. The van der Waals surface area contributed by atoms with Crippen LogP contribution in [0.5, 0.6) is 0 Å². The summed E-state index contributed by atoms with van der Waals surface area (Å²) in [5.41, 5.74) is 6.01. The normalized spacial score (nSPS) is 11.7. The highest BCUT2D eigenvalue weighted by Gasteiger charge is 2.27. The highest BCUT2D eigenvalue weighted by Crippen LogP contribution is 2.28. The van der Waals surface area contributed by atoms with Crippen molar-refractivity contribution in [2.75, 3.05) is 4.72 Å². The maximum absolute atomic E-state index is 13.4. The van der Waals surface area contributed by atoms with Crippen LogP contribution in [-0.4, -0.2) is 28.0 Å². The lowest BCUT2D eigenvalue weighted by Crippen LogP contribution is -2.16. The molecule has 2 aromatic heterocycles. The van der Waals surface area contributed by atoms with E-state index in [0.717, 1.165) is 16.9 Å². The minimum absolute atomic E-state index is 0.187. The predicted molar refractivity (Wildman–Crippen MR) is 126 cm³/mol. The van der Waals surface area contributed by atoms with Crippen LogP contribution < -0.4 is 4.72 Å². The van der Waals surface area contributed by atoms with Crippen LogP contribution >= 0.6 is 0 Å². The molecule has 0 unspecified atom stereocenters. The highest BCUT2D eigenvalue weighted by atomic mass is 32.2. The van der Waals surface area contributed by atoms with Gasteiger partial charge in [0.1, 0.15) is 4.90 Å². The van der Waals surface area contributed by atoms with Crippen LogP contribution in [-0.2, 0) is 16.6 Å². The summed E-state index contributed by atoms with van der Waals surface area (Å²) in [7, 11) is -3.86. The van der Waals surface area contributed by atoms with E-state index in [4.69, 9.17) is 0 Å². The molecule has 0 amide bonds. The summed E-state index contributed by atoms with van der Waals surface area (Å²) in [4.78, 5) is 0.187. The minimum atomic E-state index is -3.86. The monoisotopic (exact) mass is 449 g/mol. The average Bonchev–Trinajstić information content (AvgIpc) is 3.20. The van der Waals surface area contributed by atoms with E-state index in [1.54, 1.807) is 18.5 Å². The van der Waals surface area contributed by atoms with Crippen LogP contribution in [0.3, 0.4) is 0 Å². The van der Waals surface area contributed by atoms with Gasteiger partial charge < -0.3 is 0 Å². The zero-order valence-corrected chi connectivity index (χ0v) is 19.7. The van der Waals surface area contributed by atoms with Crippen molar-refractivity contribution in [1.82, 2.24) is 19.6 Å². The van der Waals surface area contributed by atoms with Crippen LogP contribution in [0.25, 0.3) is 5.69 Å². The van der Waals surface area contributed by atoms with Crippen LogP contribution in [0.4, 0.5) is 5.69 Å². The fraction of sp³-hybridized carbons (Fsp3) is 0.250. The van der Waals surface area contributed by atoms with Gasteiger partial charge >= 0.3 is 0 Å². The van der Waals surface area contributed by atoms with E-state index in [1.165, 1.54) is 5.56 Å². The average molecular weight is 450 g/mol. The first-order valence-electron chi connectivity index (χ1n) is 10.4. The van der Waals surface area contributed by atoms with Gasteiger partial charge in [-0.2, -0.15) is 10.2 Å². The number of nitrogens with zero attached hydrogens (tertiary/aromatic N) is 4. The van der Waals surface area contributed by atoms with E-state index in [9.17, 15) is 8.42 Å². The molecule has 0 bridgehead atoms. The lowest BCUT2D eigenvalue weighted by Gasteiger charge is -2.10. The van der Waals surface area contributed by atoms with Gasteiger partial charge in [0.25, 0.3) is 10.0 Å². The van der Waals surface area contributed by atoms with Crippen molar-refractivity contribution in [1.29, 1.82) is 0 Å². The Kier molecular flexibility index (Phi) is 5.64. The standard InChI is InChI=1S/C24H27N5O2S/c1-16-11-13-21(14-12-16)15-28-19(4)23(17(2)25-28)27-32(30,31)24-18(3)26-29(20(24)5)22-9-7-6-8-10-22/h6-14,27H,15H2,1-5H3. The number of hydrogen-bond donors (Lipinski definition) is 1. The SMILES string of the molecule is Cc1ccc(Cn2nc(C)c(NS(=O)(=O)c3c(C)nn(-c4ccccc4)c3C)c2C)cc1. The van der Waals surface area contributed by atoms with Crippen molar-refractivity contribution in [2.45, 2.75) is 46.1 Å². The Morgan fingerprint density at radius 1 is 0.812 bits per heavy atom. The van der Waals surface area contributed by atoms with Crippen LogP contribution in [0.2, 0.25) is 0 Å². The number of nitrogens with one attached hydrogen (secondary N) is 1. The molecule has 1 N–H and O–H groups in total. The Labute approximate surface area is 188 Å². The van der Waals surface area contributed by atoms with Crippen molar-refractivity contribution in [2.24, 2.45) is 0 Å². The Morgan fingerprint density at radius 3 is 2.12 bits per heavy atom. The second-order valence-corrected chi connectivity index (χ2v) is 9.66. The molecule has 2 heterocycles. The van der Waals surface area contributed by atoms with Crippen molar-refractivity contribution < 1.29 is 8.42 Å². The molecule has 0 fully saturated rings. The third kappa shape index (κ3) is 4.05. The number of benzene rings is 2. The highest BCUT2D eigenvalue weighted by molar-refractivity contribution is 7.92. The number of hydrogen-bond acceptors (Lipinski definition) is 4. The van der Waals surface area contributed by atoms with E-state index < -0.39 is 10.0 Å². The van der Waals surface area contributed by atoms with Gasteiger partial charge in [-0.05, 0) is 52.3 Å². The third-order valence-electron chi connectivity index (χ3n) is 5.57. The molecule has 0 saturated carbocycles. The molecule has 32 heavy (non-hydrogen) atoms. The van der Waals surface area contributed by atoms with Gasteiger partial charge in [-0.15, -0.1) is 0 Å². The van der Waals surface area contributed by atoms with E-state index in [2.05, 4.69) is 39.2 Å². The zero-order chi connectivity index (χ0) is 23.0. The second kappa shape index (κ2) is 8.27. The first-order chi connectivity index (χ1) is 15.2. The second-order valence-electron chi connectivity index (χ2n) is 8.04. The van der Waals surface area contributed by atoms with Gasteiger partial charge in [-0.25, -0.2) is 13.1 Å². The number of para-hydroxylation sites is 1. The number of rotatable bonds is 6. The molecule has 0 radical (unpaired) electrons. The molecule has 4 aromatic rings. The zero-order valence-electron chi connectivity index (χ0n) is 18.9. The van der Waals surface area contributed by atoms with Crippen LogP contribution in [0.15, 0.2) is 59.5 Å². The fourth-order valence-electron chi connectivity index (χ4n) is 3.89. The first-order valence-corrected chi connectivity index (χ1v) is 11.9. The lowest BCUT2D eigenvalue weighted by molar-refractivity contribution is 0.600. The van der Waals surface area contributed by atoms with E-state index >= 15 is 0 Å². The Morgan fingerprint density at radius 2 is 1.47 bits per heavy atom. The summed E-state index contributed by atoms with van der Waals surface area (Å²) >= 11 is 0. The number of aryl methyl sites for hydroxylation is 3. The van der Waals surface area contributed by atoms with Gasteiger partial charge in [0.05, 0.1) is 40.7 Å². The first kappa shape index (κ1) is 21.8. The maximum atomic E-state index is 13.4. The molecule has 0 atom stereocenters. The van der Waals surface area contributed by atoms with E-state index in [0.29, 0.717) is 29.3 Å². The van der Waals surface area contributed by atoms with Crippen molar-refractivity contribution in [3.8, 4) is 5.69 Å². The summed E-state index contributed by atoms with van der Waals surface area (Å²) in [5.74, 6) is 0. The predicted octanol–water partition coefficient (Wildman–Crippen LogP) is 4.46. The molecule has 0 aliphatic heterocycles. The quantitative estimate of drug-likeness (QED) is 0.471. The smallest absolute Gasteiger partial charge is 0.265 e. The van der Waals surface area contributed by atoms with Gasteiger partial charge in [-0.3, -0.25) is 9.40 Å². The molecule has 166 valence electrons. The number of sulfonamides is 1. The molecule has 7 nitrogen and oxygen atoms in total.